The molecule has 0 bridgehead atoms. The number of hydrogen-bond donors (Lipinski definition) is 2. The summed E-state index contributed by atoms with van der Waals surface area (Å²) in [5, 5.41) is 21.1. The molecule has 0 radical (unpaired) electrons. The van der Waals surface area contributed by atoms with E-state index in [9.17, 15) is 19.6 Å². The van der Waals surface area contributed by atoms with Gasteiger partial charge in [0.1, 0.15) is 11.8 Å². The van der Waals surface area contributed by atoms with Crippen LogP contribution in [-0.4, -0.2) is 28.7 Å². The van der Waals surface area contributed by atoms with E-state index < -0.39 is 36.7 Å². The number of hydrogen-bond acceptors (Lipinski definition) is 5. The zero-order valence-electron chi connectivity index (χ0n) is 22.1. The lowest BCUT2D eigenvalue weighted by atomic mass is 10.00. The lowest BCUT2D eigenvalue weighted by Crippen LogP contribution is -2.32. The first kappa shape index (κ1) is 17.5. The molecule has 0 spiro atoms. The van der Waals surface area contributed by atoms with E-state index in [-0.39, 0.29) is 38.7 Å². The maximum atomic E-state index is 13.3. The molecule has 1 heterocycles. The first-order valence-electron chi connectivity index (χ1n) is 11.9. The van der Waals surface area contributed by atoms with E-state index in [1.807, 2.05) is 6.07 Å². The highest BCUT2D eigenvalue weighted by Gasteiger charge is 2.23. The van der Waals surface area contributed by atoms with Crippen LogP contribution in [0.25, 0.3) is 11.1 Å². The van der Waals surface area contributed by atoms with Gasteiger partial charge < -0.3 is 15.2 Å². The summed E-state index contributed by atoms with van der Waals surface area (Å²) in [5.41, 5.74) is -0.488. The number of nitriles is 1. The molecule has 8 nitrogen and oxygen atoms in total. The molecule has 0 aliphatic rings. The van der Waals surface area contributed by atoms with Gasteiger partial charge in [0.05, 0.1) is 30.5 Å². The average molecular weight is 471 g/mol. The molecule has 1 atom stereocenters. The molecule has 1 aromatic heterocycles. The summed E-state index contributed by atoms with van der Waals surface area (Å²) < 4.78 is 45.7. The largest absolute Gasteiger partial charge is 0.495 e. The molecule has 1 amide bonds. The number of carboxylic acids is 1. The second-order valence-electron chi connectivity index (χ2n) is 6.72. The van der Waals surface area contributed by atoms with Gasteiger partial charge in [-0.25, -0.2) is 4.79 Å². The van der Waals surface area contributed by atoms with Crippen molar-refractivity contribution >= 4 is 29.2 Å². The Bertz CT molecular complexity index is 1500. The molecule has 2 N–H and O–H groups in total. The van der Waals surface area contributed by atoms with E-state index in [1.165, 1.54) is 49.6 Å². The Morgan fingerprint density at radius 2 is 2.00 bits per heavy atom. The van der Waals surface area contributed by atoms with Gasteiger partial charge in [0, 0.05) is 34.8 Å². The van der Waals surface area contributed by atoms with Gasteiger partial charge in [0.2, 0.25) is 5.91 Å². The summed E-state index contributed by atoms with van der Waals surface area (Å²) in [7, 11) is 1.24. The third-order valence-corrected chi connectivity index (χ3v) is 4.95. The van der Waals surface area contributed by atoms with E-state index in [0.29, 0.717) is 4.57 Å². The minimum atomic E-state index is -3.34. The number of nitrogens with zero attached hydrogens (tertiary/aromatic N) is 2. The zero-order chi connectivity index (χ0) is 28.4. The van der Waals surface area contributed by atoms with Crippen LogP contribution in [0, 0.1) is 11.3 Å². The number of halogens is 1. The van der Waals surface area contributed by atoms with Crippen LogP contribution in [0.5, 0.6) is 5.75 Å². The van der Waals surface area contributed by atoms with Crippen molar-refractivity contribution in [1.82, 2.24) is 4.57 Å². The predicted molar refractivity (Wildman–Crippen MR) is 124 cm³/mol. The van der Waals surface area contributed by atoms with Gasteiger partial charge in [0.25, 0.3) is 5.56 Å². The standard InChI is InChI=1S/C24H20ClN3O5/c1-3-20(23(30)27-17-8-5-14(6-9-17)24(31)32)28-13-21(33-2)19(11-22(28)29)18-10-16(25)7-4-15(18)12-26/h4-11,13,20H,3H2,1-2H3,(H,27,30)(H,31,32)/i1D3,3D2. The highest BCUT2D eigenvalue weighted by Crippen LogP contribution is 2.33. The number of rotatable bonds is 7. The fraction of sp³-hybridized carbons (Fsp3) is 0.167. The normalized spacial score (nSPS) is 14.4. The maximum absolute atomic E-state index is 13.3. The van der Waals surface area contributed by atoms with Crippen molar-refractivity contribution in [2.45, 2.75) is 19.3 Å². The summed E-state index contributed by atoms with van der Waals surface area (Å²) in [6.07, 6.45) is -2.26. The van der Waals surface area contributed by atoms with Crippen molar-refractivity contribution in [3.05, 3.63) is 81.2 Å². The lowest BCUT2D eigenvalue weighted by molar-refractivity contribution is -0.119. The highest BCUT2D eigenvalue weighted by molar-refractivity contribution is 6.31. The van der Waals surface area contributed by atoms with Crippen LogP contribution in [0.3, 0.4) is 0 Å². The van der Waals surface area contributed by atoms with Crippen molar-refractivity contribution in [3.63, 3.8) is 0 Å². The van der Waals surface area contributed by atoms with E-state index in [0.717, 1.165) is 12.3 Å². The van der Waals surface area contributed by atoms with Crippen LogP contribution >= 0.6 is 11.6 Å². The highest BCUT2D eigenvalue weighted by atomic mass is 35.5. The molecule has 168 valence electrons. The van der Waals surface area contributed by atoms with Crippen molar-refractivity contribution in [2.75, 3.05) is 12.4 Å². The van der Waals surface area contributed by atoms with Crippen LogP contribution in [0.15, 0.2) is 59.5 Å². The minimum absolute atomic E-state index is 0.0422. The number of methoxy groups -OCH3 is 1. The first-order chi connectivity index (χ1) is 17.7. The maximum Gasteiger partial charge on any atom is 0.335 e. The monoisotopic (exact) mass is 470 g/mol. The van der Waals surface area contributed by atoms with Gasteiger partial charge in [-0.2, -0.15) is 5.26 Å². The van der Waals surface area contributed by atoms with Gasteiger partial charge in [-0.15, -0.1) is 0 Å². The first-order valence-corrected chi connectivity index (χ1v) is 9.73. The van der Waals surface area contributed by atoms with E-state index >= 15 is 0 Å². The summed E-state index contributed by atoms with van der Waals surface area (Å²) in [6.45, 7) is -3.34. The van der Waals surface area contributed by atoms with Crippen molar-refractivity contribution < 1.29 is 26.3 Å². The quantitative estimate of drug-likeness (QED) is 0.529. The van der Waals surface area contributed by atoms with Crippen LogP contribution < -0.4 is 15.6 Å². The van der Waals surface area contributed by atoms with E-state index in [1.54, 1.807) is 0 Å². The number of carbonyl (C=O) groups is 2. The molecule has 33 heavy (non-hydrogen) atoms. The summed E-state index contributed by atoms with van der Waals surface area (Å²) in [6, 6.07) is 9.93. The molecule has 9 heteroatoms. The Balaban J connectivity index is 2.18. The second-order valence-corrected chi connectivity index (χ2v) is 7.16. The van der Waals surface area contributed by atoms with Gasteiger partial charge in [-0.3, -0.25) is 14.2 Å². The molecule has 1 unspecified atom stereocenters. The molecular formula is C24H20ClN3O5. The number of aromatic nitrogens is 1. The molecule has 3 aromatic rings. The number of nitrogens with one attached hydrogen (secondary N) is 1. The number of carboxylic acid groups (broad SMARTS) is 1. The molecule has 0 saturated heterocycles. The van der Waals surface area contributed by atoms with Crippen LogP contribution in [-0.2, 0) is 4.79 Å². The van der Waals surface area contributed by atoms with Crippen molar-refractivity contribution in [1.29, 1.82) is 5.26 Å². The lowest BCUT2D eigenvalue weighted by Gasteiger charge is -2.20. The number of anilines is 1. The Labute approximate surface area is 201 Å². The summed E-state index contributed by atoms with van der Waals surface area (Å²) in [5.74, 6) is -2.46. The van der Waals surface area contributed by atoms with Gasteiger partial charge in [-0.05, 0) is 48.8 Å². The third kappa shape index (κ3) is 5.05. The van der Waals surface area contributed by atoms with E-state index in [2.05, 4.69) is 5.32 Å². The molecular weight excluding hydrogens is 446 g/mol. The van der Waals surface area contributed by atoms with Gasteiger partial charge >= 0.3 is 5.97 Å². The van der Waals surface area contributed by atoms with Gasteiger partial charge in [0.15, 0.2) is 0 Å². The molecule has 3 rings (SSSR count). The van der Waals surface area contributed by atoms with Crippen LogP contribution in [0.1, 0.15) is 42.0 Å². The Morgan fingerprint density at radius 1 is 1.27 bits per heavy atom. The number of pyridine rings is 1. The summed E-state index contributed by atoms with van der Waals surface area (Å²) >= 11 is 6.07. The number of aromatic carboxylic acids is 1. The number of amides is 1. The van der Waals surface area contributed by atoms with Crippen molar-refractivity contribution in [2.24, 2.45) is 0 Å². The topological polar surface area (TPSA) is 121 Å². The molecule has 0 aliphatic heterocycles. The Kier molecular flexibility index (Phi) is 5.30. The zero-order valence-corrected chi connectivity index (χ0v) is 17.9. The predicted octanol–water partition coefficient (Wildman–Crippen LogP) is 4.34. The molecule has 0 aliphatic carbocycles. The van der Waals surface area contributed by atoms with Crippen LogP contribution in [0.2, 0.25) is 5.02 Å². The van der Waals surface area contributed by atoms with E-state index in [4.69, 9.17) is 28.3 Å². The van der Waals surface area contributed by atoms with Crippen LogP contribution in [0.4, 0.5) is 5.69 Å². The number of ether oxygens (including phenoxy) is 1. The molecule has 2 aromatic carbocycles. The summed E-state index contributed by atoms with van der Waals surface area (Å²) in [4.78, 5) is 37.6. The fourth-order valence-corrected chi connectivity index (χ4v) is 3.28. The SMILES string of the molecule is [2H]C([2H])([2H])C([2H])([2H])C(C(=O)Nc1ccc(C(=O)O)cc1)n1cc(OC)c(-c2cc(Cl)ccc2C#N)cc1=O. The fourth-order valence-electron chi connectivity index (χ4n) is 3.11. The number of carbonyl (C=O) groups excluding carboxylic acids is 1. The second kappa shape index (κ2) is 10.0. The third-order valence-electron chi connectivity index (χ3n) is 4.72. The van der Waals surface area contributed by atoms with Crippen molar-refractivity contribution in [3.8, 4) is 22.9 Å². The molecule has 0 saturated carbocycles. The smallest absolute Gasteiger partial charge is 0.335 e. The Hall–Kier alpha value is -4.09. The number of benzene rings is 2. The average Bonchev–Trinajstić information content (AvgIpc) is 2.84. The van der Waals surface area contributed by atoms with Gasteiger partial charge in [-0.1, -0.05) is 18.5 Å². The minimum Gasteiger partial charge on any atom is -0.495 e. The molecule has 0 fully saturated rings. The Morgan fingerprint density at radius 3 is 2.61 bits per heavy atom.